The van der Waals surface area contributed by atoms with Crippen LogP contribution in [0.2, 0.25) is 0 Å². The highest BCUT2D eigenvalue weighted by Gasteiger charge is 2.21. The molecule has 0 bridgehead atoms. The molecule has 1 aliphatic heterocycles. The second kappa shape index (κ2) is 15.8. The van der Waals surface area contributed by atoms with Gasteiger partial charge in [0.2, 0.25) is 5.95 Å². The van der Waals surface area contributed by atoms with Gasteiger partial charge in [-0.2, -0.15) is 5.26 Å². The smallest absolute Gasteiger partial charge is 0.258 e. The Morgan fingerprint density at radius 3 is 2.59 bits per heavy atom. The van der Waals surface area contributed by atoms with E-state index in [9.17, 15) is 14.4 Å². The van der Waals surface area contributed by atoms with Crippen molar-refractivity contribution in [2.75, 3.05) is 69.5 Å². The van der Waals surface area contributed by atoms with Crippen LogP contribution in [-0.2, 0) is 4.79 Å². The van der Waals surface area contributed by atoms with Crippen molar-refractivity contribution < 1.29 is 23.9 Å². The molecule has 2 heterocycles. The Morgan fingerprint density at radius 2 is 1.86 bits per heavy atom. The number of aromatic nitrogens is 2. The molecule has 254 valence electrons. The number of piperazine rings is 1. The Hall–Kier alpha value is -5.83. The van der Waals surface area contributed by atoms with Crippen molar-refractivity contribution in [3.8, 4) is 17.7 Å². The van der Waals surface area contributed by atoms with Crippen molar-refractivity contribution in [3.63, 3.8) is 0 Å². The molecule has 0 saturated carbocycles. The quantitative estimate of drug-likeness (QED) is 0.0785. The number of fused-ring (bicyclic) bond motifs is 1. The van der Waals surface area contributed by atoms with Crippen LogP contribution in [-0.4, -0.2) is 91.5 Å². The first-order valence-corrected chi connectivity index (χ1v) is 16.0. The molecule has 0 spiro atoms. The zero-order valence-corrected chi connectivity index (χ0v) is 28.1. The van der Waals surface area contributed by atoms with Crippen LogP contribution in [0.3, 0.4) is 0 Å². The molecule has 0 atom stereocenters. The van der Waals surface area contributed by atoms with Crippen molar-refractivity contribution in [1.29, 1.82) is 5.26 Å². The van der Waals surface area contributed by atoms with Crippen LogP contribution in [0.1, 0.15) is 45.5 Å². The number of methoxy groups -OCH3 is 1. The van der Waals surface area contributed by atoms with Gasteiger partial charge in [-0.1, -0.05) is 12.1 Å². The summed E-state index contributed by atoms with van der Waals surface area (Å²) in [5.41, 5.74) is 4.32. The Balaban J connectivity index is 1.23. The number of hydrogen-bond acceptors (Lipinski definition) is 10. The average molecular weight is 665 g/mol. The number of allylic oxidation sites excluding steroid dienone is 1. The lowest BCUT2D eigenvalue weighted by atomic mass is 10.1. The lowest BCUT2D eigenvalue weighted by Gasteiger charge is -2.34. The molecule has 0 radical (unpaired) electrons. The fourth-order valence-corrected chi connectivity index (χ4v) is 5.69. The van der Waals surface area contributed by atoms with Crippen LogP contribution in [0.15, 0.2) is 60.3 Å². The van der Waals surface area contributed by atoms with E-state index in [2.05, 4.69) is 43.4 Å². The Kier molecular flexibility index (Phi) is 11.2. The Labute approximate surface area is 285 Å². The van der Waals surface area contributed by atoms with Gasteiger partial charge in [0, 0.05) is 38.8 Å². The molecular formula is C36H40N8O5. The SMILES string of the molecule is COc1cc(C(=O)N(C)c2ccc(C)cc2OCCCCC(=C=O)N2CCN(C)CC2)ccc1NC(=O)c1cccc2[nH]c(NC#N)nc12. The number of rotatable bonds is 13. The summed E-state index contributed by atoms with van der Waals surface area (Å²) in [7, 11) is 5.22. The summed E-state index contributed by atoms with van der Waals surface area (Å²) < 4.78 is 11.7. The third-order valence-corrected chi connectivity index (χ3v) is 8.48. The van der Waals surface area contributed by atoms with Gasteiger partial charge in [-0.25, -0.2) is 9.78 Å². The predicted octanol–water partition coefficient (Wildman–Crippen LogP) is 4.81. The van der Waals surface area contributed by atoms with Crippen LogP contribution in [0.25, 0.3) is 11.0 Å². The molecule has 3 N–H and O–H groups in total. The number of aryl methyl sites for hydroxylation is 1. The number of benzene rings is 3. The van der Waals surface area contributed by atoms with E-state index in [1.54, 1.807) is 49.6 Å². The fraction of sp³-hybridized carbons (Fsp3) is 0.333. The Bertz CT molecular complexity index is 1920. The molecule has 0 aliphatic carbocycles. The number of hydrogen-bond donors (Lipinski definition) is 3. The summed E-state index contributed by atoms with van der Waals surface area (Å²) in [6, 6.07) is 15.6. The van der Waals surface area contributed by atoms with Crippen LogP contribution in [0.4, 0.5) is 17.3 Å². The van der Waals surface area contributed by atoms with E-state index in [1.807, 2.05) is 25.1 Å². The molecule has 1 fully saturated rings. The number of nitriles is 1. The summed E-state index contributed by atoms with van der Waals surface area (Å²) in [4.78, 5) is 51.7. The molecule has 13 nitrogen and oxygen atoms in total. The van der Waals surface area contributed by atoms with Crippen molar-refractivity contribution >= 4 is 46.1 Å². The second-order valence-electron chi connectivity index (χ2n) is 11.9. The lowest BCUT2D eigenvalue weighted by Crippen LogP contribution is -2.44. The van der Waals surface area contributed by atoms with Crippen LogP contribution < -0.4 is 25.0 Å². The van der Waals surface area contributed by atoms with Gasteiger partial charge in [0.05, 0.1) is 41.9 Å². The van der Waals surface area contributed by atoms with E-state index in [1.165, 1.54) is 12.0 Å². The average Bonchev–Trinajstić information content (AvgIpc) is 3.53. The maximum atomic E-state index is 13.7. The molecule has 4 aromatic rings. The standard InChI is InChI=1S/C36H40N8O5/c1-24-11-14-30(32(20-24)49-19-6-5-8-26(22-45)44-17-15-42(2)16-18-44)43(3)35(47)25-12-13-28(31(21-25)48-4)39-34(46)27-9-7-10-29-33(27)41-36(40-29)38-23-37/h7,9-14,20-21H,5-6,8,15-19H2,1-4H3,(H,39,46)(H2,38,40,41). The maximum absolute atomic E-state index is 13.7. The van der Waals surface area contributed by atoms with E-state index in [-0.39, 0.29) is 11.9 Å². The fourth-order valence-electron chi connectivity index (χ4n) is 5.69. The number of aromatic amines is 1. The number of nitrogens with one attached hydrogen (secondary N) is 3. The van der Waals surface area contributed by atoms with Gasteiger partial charge in [0.25, 0.3) is 11.8 Å². The summed E-state index contributed by atoms with van der Waals surface area (Å²) in [6.07, 6.45) is 3.97. The number of nitrogens with zero attached hydrogens (tertiary/aromatic N) is 5. The zero-order valence-electron chi connectivity index (χ0n) is 28.1. The topological polar surface area (TPSA) is 156 Å². The second-order valence-corrected chi connectivity index (χ2v) is 11.9. The monoisotopic (exact) mass is 664 g/mol. The highest BCUT2D eigenvalue weighted by atomic mass is 16.5. The highest BCUT2D eigenvalue weighted by Crippen LogP contribution is 2.32. The number of anilines is 3. The number of para-hydroxylation sites is 1. The number of imidazole rings is 1. The lowest BCUT2D eigenvalue weighted by molar-refractivity contribution is 0.0990. The van der Waals surface area contributed by atoms with Crippen LogP contribution >= 0.6 is 0 Å². The number of unbranched alkanes of at least 4 members (excludes halogenated alkanes) is 1. The molecule has 5 rings (SSSR count). The summed E-state index contributed by atoms with van der Waals surface area (Å²) >= 11 is 0. The number of H-pyrrole nitrogens is 1. The molecule has 0 unspecified atom stereocenters. The van der Waals surface area contributed by atoms with E-state index in [4.69, 9.17) is 14.7 Å². The predicted molar refractivity (Wildman–Crippen MR) is 188 cm³/mol. The van der Waals surface area contributed by atoms with Crippen LogP contribution in [0, 0.1) is 18.4 Å². The van der Waals surface area contributed by atoms with Gasteiger partial charge < -0.3 is 34.5 Å². The third kappa shape index (κ3) is 8.19. The first kappa shape index (κ1) is 34.5. The maximum Gasteiger partial charge on any atom is 0.258 e. The van der Waals surface area contributed by atoms with Crippen molar-refractivity contribution in [2.24, 2.45) is 0 Å². The Morgan fingerprint density at radius 1 is 1.06 bits per heavy atom. The number of ether oxygens (including phenoxy) is 2. The minimum absolute atomic E-state index is 0.228. The first-order chi connectivity index (χ1) is 23.7. The molecule has 1 saturated heterocycles. The number of carbonyl (C=O) groups is 2. The van der Waals surface area contributed by atoms with Gasteiger partial charge in [0.15, 0.2) is 6.19 Å². The summed E-state index contributed by atoms with van der Waals surface area (Å²) in [5.74, 6) is 2.52. The van der Waals surface area contributed by atoms with E-state index in [0.29, 0.717) is 63.8 Å². The van der Waals surface area contributed by atoms with Gasteiger partial charge in [-0.3, -0.25) is 14.9 Å². The minimum Gasteiger partial charge on any atom is -0.495 e. The van der Waals surface area contributed by atoms with Crippen molar-refractivity contribution in [1.82, 2.24) is 19.8 Å². The van der Waals surface area contributed by atoms with E-state index in [0.717, 1.165) is 44.6 Å². The molecule has 1 aromatic heterocycles. The van der Waals surface area contributed by atoms with Crippen molar-refractivity contribution in [3.05, 3.63) is 77.0 Å². The normalized spacial score (nSPS) is 12.9. The minimum atomic E-state index is -0.436. The molecular weight excluding hydrogens is 624 g/mol. The number of amides is 2. The highest BCUT2D eigenvalue weighted by molar-refractivity contribution is 6.13. The summed E-state index contributed by atoms with van der Waals surface area (Å²) in [5, 5.41) is 14.2. The van der Waals surface area contributed by atoms with Crippen LogP contribution in [0.5, 0.6) is 11.5 Å². The van der Waals surface area contributed by atoms with Crippen molar-refractivity contribution in [2.45, 2.75) is 26.2 Å². The third-order valence-electron chi connectivity index (χ3n) is 8.48. The van der Waals surface area contributed by atoms with Gasteiger partial charge in [0.1, 0.15) is 23.0 Å². The van der Waals surface area contributed by atoms with Gasteiger partial charge >= 0.3 is 0 Å². The molecule has 13 heteroatoms. The number of carbonyl (C=O) groups excluding carboxylic acids is 3. The van der Waals surface area contributed by atoms with E-state index >= 15 is 0 Å². The largest absolute Gasteiger partial charge is 0.495 e. The summed E-state index contributed by atoms with van der Waals surface area (Å²) in [6.45, 7) is 5.91. The van der Waals surface area contributed by atoms with Gasteiger partial charge in [-0.05, 0) is 81.3 Å². The molecule has 1 aliphatic rings. The molecule has 3 aromatic carbocycles. The van der Waals surface area contributed by atoms with Gasteiger partial charge in [-0.15, -0.1) is 0 Å². The first-order valence-electron chi connectivity index (χ1n) is 16.0. The zero-order chi connectivity index (χ0) is 34.9. The number of likely N-dealkylation sites (N-methyl/N-ethyl adjacent to an activating group) is 1. The van der Waals surface area contributed by atoms with E-state index < -0.39 is 5.91 Å². The molecule has 49 heavy (non-hydrogen) atoms. The molecule has 2 amide bonds.